The monoisotopic (exact) mass is 270 g/mol. The number of anilines is 1. The predicted octanol–water partition coefficient (Wildman–Crippen LogP) is 1.33. The maximum Gasteiger partial charge on any atom is 0.264 e. The van der Waals surface area contributed by atoms with Gasteiger partial charge in [0.15, 0.2) is 5.82 Å². The number of hydrogen-bond acceptors (Lipinski definition) is 5. The van der Waals surface area contributed by atoms with Gasteiger partial charge in [-0.25, -0.2) is 13.4 Å². The summed E-state index contributed by atoms with van der Waals surface area (Å²) < 4.78 is 26.0. The standard InChI is InChI=1S/C9H7ClN4O2S/c10-8-5-12-6-9(13-8)14-17(15,16)7-2-1-3-11-4-7/h1-6H,(H,13,14). The van der Waals surface area contributed by atoms with E-state index in [0.29, 0.717) is 0 Å². The summed E-state index contributed by atoms with van der Waals surface area (Å²) in [6.45, 7) is 0. The Labute approximate surface area is 103 Å². The summed E-state index contributed by atoms with van der Waals surface area (Å²) in [5.41, 5.74) is 0. The minimum Gasteiger partial charge on any atom is -0.263 e. The summed E-state index contributed by atoms with van der Waals surface area (Å²) in [5.74, 6) is 0.0568. The van der Waals surface area contributed by atoms with Gasteiger partial charge in [0.1, 0.15) is 10.0 Å². The first kappa shape index (κ1) is 11.7. The molecule has 0 unspecified atom stereocenters. The highest BCUT2D eigenvalue weighted by molar-refractivity contribution is 7.92. The van der Waals surface area contributed by atoms with Crippen LogP contribution in [0.3, 0.4) is 0 Å². The molecule has 0 amide bonds. The molecule has 0 aliphatic heterocycles. The molecule has 0 fully saturated rings. The molecule has 2 aromatic heterocycles. The first-order chi connectivity index (χ1) is 8.08. The molecule has 2 rings (SSSR count). The Morgan fingerprint density at radius 3 is 2.65 bits per heavy atom. The van der Waals surface area contributed by atoms with Crippen LogP contribution in [-0.2, 0) is 10.0 Å². The Balaban J connectivity index is 2.30. The molecule has 8 heteroatoms. The maximum absolute atomic E-state index is 11.9. The van der Waals surface area contributed by atoms with Crippen LogP contribution in [0.4, 0.5) is 5.82 Å². The fraction of sp³-hybridized carbons (Fsp3) is 0. The van der Waals surface area contributed by atoms with Crippen molar-refractivity contribution in [3.63, 3.8) is 0 Å². The molecule has 0 saturated heterocycles. The smallest absolute Gasteiger partial charge is 0.263 e. The molecule has 0 spiro atoms. The van der Waals surface area contributed by atoms with E-state index >= 15 is 0 Å². The normalized spacial score (nSPS) is 11.1. The van der Waals surface area contributed by atoms with Crippen molar-refractivity contribution in [2.75, 3.05) is 4.72 Å². The van der Waals surface area contributed by atoms with Crippen molar-refractivity contribution in [1.82, 2.24) is 15.0 Å². The van der Waals surface area contributed by atoms with Crippen molar-refractivity contribution in [3.8, 4) is 0 Å². The second kappa shape index (κ2) is 4.64. The summed E-state index contributed by atoms with van der Waals surface area (Å²) in [5, 5.41) is 0.108. The van der Waals surface area contributed by atoms with Gasteiger partial charge in [-0.3, -0.25) is 14.7 Å². The van der Waals surface area contributed by atoms with Gasteiger partial charge in [-0.2, -0.15) is 0 Å². The van der Waals surface area contributed by atoms with Crippen LogP contribution in [0.5, 0.6) is 0 Å². The lowest BCUT2D eigenvalue weighted by atomic mass is 10.5. The molecule has 88 valence electrons. The Kier molecular flexibility index (Phi) is 3.21. The molecule has 0 radical (unpaired) electrons. The lowest BCUT2D eigenvalue weighted by Crippen LogP contribution is -2.14. The van der Waals surface area contributed by atoms with Crippen molar-refractivity contribution in [3.05, 3.63) is 42.1 Å². The van der Waals surface area contributed by atoms with Gasteiger partial charge in [-0.15, -0.1) is 0 Å². The highest BCUT2D eigenvalue weighted by Gasteiger charge is 2.14. The Morgan fingerprint density at radius 1 is 1.18 bits per heavy atom. The topological polar surface area (TPSA) is 84.8 Å². The molecule has 1 N–H and O–H groups in total. The molecular formula is C9H7ClN4O2S. The summed E-state index contributed by atoms with van der Waals surface area (Å²) in [7, 11) is -3.70. The average molecular weight is 271 g/mol. The quantitative estimate of drug-likeness (QED) is 0.909. The Morgan fingerprint density at radius 2 is 2.00 bits per heavy atom. The van der Waals surface area contributed by atoms with Crippen LogP contribution in [0.1, 0.15) is 0 Å². The molecule has 2 heterocycles. The molecule has 2 aromatic rings. The molecular weight excluding hydrogens is 264 g/mol. The van der Waals surface area contributed by atoms with Crippen LogP contribution in [0.25, 0.3) is 0 Å². The van der Waals surface area contributed by atoms with Crippen LogP contribution in [0.15, 0.2) is 41.8 Å². The zero-order valence-electron chi connectivity index (χ0n) is 8.41. The van der Waals surface area contributed by atoms with Gasteiger partial charge in [0, 0.05) is 12.4 Å². The van der Waals surface area contributed by atoms with Crippen LogP contribution in [0, 0.1) is 0 Å². The van der Waals surface area contributed by atoms with Crippen LogP contribution < -0.4 is 4.72 Å². The molecule has 6 nitrogen and oxygen atoms in total. The van der Waals surface area contributed by atoms with Crippen molar-refractivity contribution in [1.29, 1.82) is 0 Å². The van der Waals surface area contributed by atoms with Gasteiger partial charge < -0.3 is 0 Å². The number of pyridine rings is 1. The SMILES string of the molecule is O=S(=O)(Nc1cncc(Cl)n1)c1cccnc1. The molecule has 17 heavy (non-hydrogen) atoms. The Bertz CT molecular complexity index is 618. The van der Waals surface area contributed by atoms with Gasteiger partial charge in [-0.05, 0) is 12.1 Å². The predicted molar refractivity (Wildman–Crippen MR) is 62.1 cm³/mol. The second-order valence-corrected chi connectivity index (χ2v) is 5.09. The molecule has 0 aliphatic rings. The summed E-state index contributed by atoms with van der Waals surface area (Å²) in [4.78, 5) is 11.3. The summed E-state index contributed by atoms with van der Waals surface area (Å²) in [6, 6.07) is 2.95. The second-order valence-electron chi connectivity index (χ2n) is 3.02. The number of nitrogens with one attached hydrogen (secondary N) is 1. The third kappa shape index (κ3) is 2.89. The Hall–Kier alpha value is -1.73. The van der Waals surface area contributed by atoms with Crippen LogP contribution in [-0.4, -0.2) is 23.4 Å². The third-order valence-corrected chi connectivity index (χ3v) is 3.31. The fourth-order valence-electron chi connectivity index (χ4n) is 1.09. The van der Waals surface area contributed by atoms with Crippen LogP contribution in [0.2, 0.25) is 5.15 Å². The molecule has 0 saturated carbocycles. The minimum atomic E-state index is -3.70. The first-order valence-electron chi connectivity index (χ1n) is 4.48. The van der Waals surface area contributed by atoms with Gasteiger partial charge in [0.05, 0.1) is 12.4 Å². The van der Waals surface area contributed by atoms with E-state index in [0.717, 1.165) is 0 Å². The van der Waals surface area contributed by atoms with Crippen molar-refractivity contribution in [2.24, 2.45) is 0 Å². The van der Waals surface area contributed by atoms with Gasteiger partial charge in [0.2, 0.25) is 0 Å². The van der Waals surface area contributed by atoms with E-state index in [1.807, 2.05) is 0 Å². The number of rotatable bonds is 3. The van der Waals surface area contributed by atoms with E-state index in [1.165, 1.54) is 36.9 Å². The molecule has 0 aromatic carbocycles. The third-order valence-electron chi connectivity index (χ3n) is 1.79. The molecule has 0 aliphatic carbocycles. The largest absolute Gasteiger partial charge is 0.264 e. The highest BCUT2D eigenvalue weighted by atomic mass is 35.5. The van der Waals surface area contributed by atoms with E-state index in [1.54, 1.807) is 0 Å². The average Bonchev–Trinajstić information content (AvgIpc) is 2.29. The summed E-state index contributed by atoms with van der Waals surface area (Å²) >= 11 is 5.60. The van der Waals surface area contributed by atoms with E-state index < -0.39 is 10.0 Å². The van der Waals surface area contributed by atoms with E-state index in [2.05, 4.69) is 19.7 Å². The number of hydrogen-bond donors (Lipinski definition) is 1. The van der Waals surface area contributed by atoms with E-state index in [9.17, 15) is 8.42 Å². The molecule has 0 atom stereocenters. The van der Waals surface area contributed by atoms with Gasteiger partial charge >= 0.3 is 0 Å². The van der Waals surface area contributed by atoms with E-state index in [4.69, 9.17) is 11.6 Å². The van der Waals surface area contributed by atoms with Crippen LogP contribution >= 0.6 is 11.6 Å². The van der Waals surface area contributed by atoms with E-state index in [-0.39, 0.29) is 15.9 Å². The van der Waals surface area contributed by atoms with Crippen molar-refractivity contribution in [2.45, 2.75) is 4.90 Å². The number of sulfonamides is 1. The van der Waals surface area contributed by atoms with Crippen molar-refractivity contribution < 1.29 is 8.42 Å². The number of nitrogens with zero attached hydrogens (tertiary/aromatic N) is 3. The van der Waals surface area contributed by atoms with Crippen molar-refractivity contribution >= 4 is 27.4 Å². The highest BCUT2D eigenvalue weighted by Crippen LogP contribution is 2.13. The summed E-state index contributed by atoms with van der Waals surface area (Å²) in [6.07, 6.45) is 5.29. The molecule has 0 bridgehead atoms. The van der Waals surface area contributed by atoms with Gasteiger partial charge in [0.25, 0.3) is 10.0 Å². The minimum absolute atomic E-state index is 0.0433. The fourth-order valence-corrected chi connectivity index (χ4v) is 2.19. The van der Waals surface area contributed by atoms with Gasteiger partial charge in [-0.1, -0.05) is 11.6 Å². The number of aromatic nitrogens is 3. The zero-order chi connectivity index (χ0) is 12.3. The number of halogens is 1. The first-order valence-corrected chi connectivity index (χ1v) is 6.34. The lowest BCUT2D eigenvalue weighted by molar-refractivity contribution is 0.600. The maximum atomic E-state index is 11.9. The zero-order valence-corrected chi connectivity index (χ0v) is 9.98. The lowest BCUT2D eigenvalue weighted by Gasteiger charge is -2.06.